The summed E-state index contributed by atoms with van der Waals surface area (Å²) in [6.07, 6.45) is 0. The highest BCUT2D eigenvalue weighted by molar-refractivity contribution is 6.30. The van der Waals surface area contributed by atoms with Crippen LogP contribution in [0.15, 0.2) is 42.5 Å². The van der Waals surface area contributed by atoms with Crippen molar-refractivity contribution in [3.8, 4) is 11.1 Å². The first kappa shape index (κ1) is 14.1. The first-order valence-electron chi connectivity index (χ1n) is 6.65. The van der Waals surface area contributed by atoms with E-state index < -0.39 is 0 Å². The molecule has 1 N–H and O–H groups in total. The lowest BCUT2D eigenvalue weighted by atomic mass is 9.98. The molecule has 0 saturated carbocycles. The molecule has 1 nitrogen and oxygen atoms in total. The molecule has 0 aliphatic rings. The monoisotopic (exact) mass is 273 g/mol. The van der Waals surface area contributed by atoms with Crippen molar-refractivity contribution < 1.29 is 0 Å². The second-order valence-electron chi connectivity index (χ2n) is 5.21. The van der Waals surface area contributed by atoms with E-state index >= 15 is 0 Å². The van der Waals surface area contributed by atoms with Crippen molar-refractivity contribution in [3.63, 3.8) is 0 Å². The zero-order chi connectivity index (χ0) is 13.8. The minimum Gasteiger partial charge on any atom is -0.310 e. The van der Waals surface area contributed by atoms with Crippen molar-refractivity contribution in [1.29, 1.82) is 0 Å². The van der Waals surface area contributed by atoms with Gasteiger partial charge in [-0.3, -0.25) is 0 Å². The van der Waals surface area contributed by atoms with Gasteiger partial charge in [0.1, 0.15) is 0 Å². The van der Waals surface area contributed by atoms with Crippen molar-refractivity contribution in [2.75, 3.05) is 0 Å². The molecule has 0 atom stereocenters. The number of rotatable bonds is 4. The van der Waals surface area contributed by atoms with Gasteiger partial charge in [-0.1, -0.05) is 61.3 Å². The van der Waals surface area contributed by atoms with Crippen molar-refractivity contribution >= 4 is 11.6 Å². The highest BCUT2D eigenvalue weighted by Gasteiger charge is 2.07. The van der Waals surface area contributed by atoms with E-state index in [1.54, 1.807) is 0 Å². The molecule has 2 heteroatoms. The van der Waals surface area contributed by atoms with Crippen LogP contribution in [0.2, 0.25) is 5.02 Å². The Morgan fingerprint density at radius 1 is 1.11 bits per heavy atom. The predicted molar refractivity (Wildman–Crippen MR) is 83.6 cm³/mol. The van der Waals surface area contributed by atoms with Gasteiger partial charge in [-0.25, -0.2) is 0 Å². The first-order chi connectivity index (χ1) is 9.06. The molecule has 0 bridgehead atoms. The molecule has 100 valence electrons. The Bertz CT molecular complexity index is 561. The summed E-state index contributed by atoms with van der Waals surface area (Å²) in [6.45, 7) is 7.25. The number of nitrogens with one attached hydrogen (secondary N) is 1. The number of benzene rings is 2. The maximum atomic E-state index is 6.12. The van der Waals surface area contributed by atoms with Crippen LogP contribution in [0.3, 0.4) is 0 Å². The van der Waals surface area contributed by atoms with E-state index in [9.17, 15) is 0 Å². The molecular weight excluding hydrogens is 254 g/mol. The van der Waals surface area contributed by atoms with Crippen molar-refractivity contribution in [3.05, 3.63) is 58.6 Å². The van der Waals surface area contributed by atoms with Crippen LogP contribution in [0.25, 0.3) is 11.1 Å². The summed E-state index contributed by atoms with van der Waals surface area (Å²) in [5.41, 5.74) is 5.01. The predicted octanol–water partition coefficient (Wildman–Crippen LogP) is 4.81. The fourth-order valence-corrected chi connectivity index (χ4v) is 2.31. The SMILES string of the molecule is Cc1cccc(-c2ccc(Cl)cc2CNC(C)C)c1. The normalized spacial score (nSPS) is 11.0. The number of aryl methyl sites for hydroxylation is 1. The lowest BCUT2D eigenvalue weighted by molar-refractivity contribution is 0.589. The summed E-state index contributed by atoms with van der Waals surface area (Å²) >= 11 is 6.12. The number of hydrogen-bond donors (Lipinski definition) is 1. The molecule has 2 rings (SSSR count). The van der Waals surface area contributed by atoms with Gasteiger partial charge >= 0.3 is 0 Å². The Morgan fingerprint density at radius 2 is 1.89 bits per heavy atom. The summed E-state index contributed by atoms with van der Waals surface area (Å²) in [4.78, 5) is 0. The van der Waals surface area contributed by atoms with Gasteiger partial charge in [0.2, 0.25) is 0 Å². The zero-order valence-electron chi connectivity index (χ0n) is 11.7. The van der Waals surface area contributed by atoms with Crippen LogP contribution in [-0.4, -0.2) is 6.04 Å². The van der Waals surface area contributed by atoms with Gasteiger partial charge in [-0.2, -0.15) is 0 Å². The summed E-state index contributed by atoms with van der Waals surface area (Å²) < 4.78 is 0. The molecule has 0 saturated heterocycles. The molecule has 0 aliphatic carbocycles. The summed E-state index contributed by atoms with van der Waals surface area (Å²) in [5.74, 6) is 0. The van der Waals surface area contributed by atoms with E-state index in [0.29, 0.717) is 6.04 Å². The van der Waals surface area contributed by atoms with E-state index in [-0.39, 0.29) is 0 Å². The minimum absolute atomic E-state index is 0.462. The molecule has 0 heterocycles. The highest BCUT2D eigenvalue weighted by Crippen LogP contribution is 2.27. The Kier molecular flexibility index (Phi) is 4.62. The Balaban J connectivity index is 2.38. The molecule has 2 aromatic rings. The van der Waals surface area contributed by atoms with Crippen LogP contribution >= 0.6 is 11.6 Å². The van der Waals surface area contributed by atoms with Gasteiger partial charge in [-0.15, -0.1) is 0 Å². The Hall–Kier alpha value is -1.31. The van der Waals surface area contributed by atoms with Gasteiger partial charge in [-0.05, 0) is 35.7 Å². The van der Waals surface area contributed by atoms with Crippen molar-refractivity contribution in [2.24, 2.45) is 0 Å². The third kappa shape index (κ3) is 3.82. The van der Waals surface area contributed by atoms with Crippen LogP contribution < -0.4 is 5.32 Å². The fraction of sp³-hybridized carbons (Fsp3) is 0.294. The van der Waals surface area contributed by atoms with Crippen LogP contribution in [0.5, 0.6) is 0 Å². The molecule has 0 fully saturated rings. The lowest BCUT2D eigenvalue weighted by Crippen LogP contribution is -2.22. The molecule has 0 radical (unpaired) electrons. The molecule has 0 aliphatic heterocycles. The van der Waals surface area contributed by atoms with Gasteiger partial charge in [0.25, 0.3) is 0 Å². The van der Waals surface area contributed by atoms with Crippen LogP contribution in [0.1, 0.15) is 25.0 Å². The first-order valence-corrected chi connectivity index (χ1v) is 7.03. The summed E-state index contributed by atoms with van der Waals surface area (Å²) in [7, 11) is 0. The molecule has 0 spiro atoms. The molecular formula is C17H20ClN. The highest BCUT2D eigenvalue weighted by atomic mass is 35.5. The fourth-order valence-electron chi connectivity index (χ4n) is 2.12. The van der Waals surface area contributed by atoms with E-state index in [2.05, 4.69) is 62.5 Å². The van der Waals surface area contributed by atoms with Gasteiger partial charge in [0.05, 0.1) is 0 Å². The summed E-state index contributed by atoms with van der Waals surface area (Å²) in [6, 6.07) is 15.1. The molecule has 0 aromatic heterocycles. The Morgan fingerprint density at radius 3 is 2.58 bits per heavy atom. The van der Waals surface area contributed by atoms with E-state index in [1.165, 1.54) is 22.3 Å². The van der Waals surface area contributed by atoms with Gasteiger partial charge in [0.15, 0.2) is 0 Å². The minimum atomic E-state index is 0.462. The molecule has 19 heavy (non-hydrogen) atoms. The molecule has 0 unspecified atom stereocenters. The number of hydrogen-bond acceptors (Lipinski definition) is 1. The van der Waals surface area contributed by atoms with Gasteiger partial charge in [0, 0.05) is 17.6 Å². The largest absolute Gasteiger partial charge is 0.310 e. The summed E-state index contributed by atoms with van der Waals surface area (Å²) in [5, 5.41) is 4.24. The van der Waals surface area contributed by atoms with Crippen LogP contribution in [0, 0.1) is 6.92 Å². The smallest absolute Gasteiger partial charge is 0.0409 e. The lowest BCUT2D eigenvalue weighted by Gasteiger charge is -2.14. The second kappa shape index (κ2) is 6.23. The van der Waals surface area contributed by atoms with Crippen LogP contribution in [-0.2, 0) is 6.54 Å². The third-order valence-electron chi connectivity index (χ3n) is 3.10. The van der Waals surface area contributed by atoms with Crippen LogP contribution in [0.4, 0.5) is 0 Å². The van der Waals surface area contributed by atoms with Crippen molar-refractivity contribution in [2.45, 2.75) is 33.4 Å². The quantitative estimate of drug-likeness (QED) is 0.843. The Labute approximate surface area is 120 Å². The molecule has 0 amide bonds. The van der Waals surface area contributed by atoms with E-state index in [0.717, 1.165) is 11.6 Å². The second-order valence-corrected chi connectivity index (χ2v) is 5.64. The number of halogens is 1. The van der Waals surface area contributed by atoms with E-state index in [4.69, 9.17) is 11.6 Å². The third-order valence-corrected chi connectivity index (χ3v) is 3.33. The standard InChI is InChI=1S/C17H20ClN/c1-12(2)19-11-15-10-16(18)7-8-17(15)14-6-4-5-13(3)9-14/h4-10,12,19H,11H2,1-3H3. The topological polar surface area (TPSA) is 12.0 Å². The molecule has 2 aromatic carbocycles. The average molecular weight is 274 g/mol. The van der Waals surface area contributed by atoms with Crippen molar-refractivity contribution in [1.82, 2.24) is 5.32 Å². The average Bonchev–Trinajstić information content (AvgIpc) is 2.36. The zero-order valence-corrected chi connectivity index (χ0v) is 12.5. The van der Waals surface area contributed by atoms with Gasteiger partial charge < -0.3 is 5.32 Å². The maximum Gasteiger partial charge on any atom is 0.0409 e. The maximum absolute atomic E-state index is 6.12. The van der Waals surface area contributed by atoms with E-state index in [1.807, 2.05) is 6.07 Å².